The van der Waals surface area contributed by atoms with E-state index in [-0.39, 0.29) is 11.8 Å². The number of hydrogen-bond acceptors (Lipinski definition) is 5. The van der Waals surface area contributed by atoms with Gasteiger partial charge in [0.25, 0.3) is 11.8 Å². The van der Waals surface area contributed by atoms with Gasteiger partial charge >= 0.3 is 0 Å². The number of ether oxygens (including phenoxy) is 1. The molecule has 7 heteroatoms. The predicted octanol–water partition coefficient (Wildman–Crippen LogP) is 3.78. The Morgan fingerprint density at radius 3 is 2.63 bits per heavy atom. The first-order valence-electron chi connectivity index (χ1n) is 9.98. The number of carbonyl (C=O) groups is 2. The number of morpholine rings is 1. The van der Waals surface area contributed by atoms with E-state index in [2.05, 4.69) is 4.99 Å². The van der Waals surface area contributed by atoms with Crippen LogP contribution < -0.4 is 0 Å². The van der Waals surface area contributed by atoms with Crippen molar-refractivity contribution in [3.63, 3.8) is 0 Å². The maximum absolute atomic E-state index is 12.8. The highest BCUT2D eigenvalue weighted by molar-refractivity contribution is 8.18. The van der Waals surface area contributed by atoms with Crippen LogP contribution in [-0.2, 0) is 9.53 Å². The fourth-order valence-electron chi connectivity index (χ4n) is 3.34. The topological polar surface area (TPSA) is 62.2 Å². The molecule has 0 N–H and O–H groups in total. The minimum atomic E-state index is -0.0503. The van der Waals surface area contributed by atoms with Crippen LogP contribution >= 0.6 is 11.8 Å². The zero-order valence-corrected chi connectivity index (χ0v) is 17.6. The molecule has 0 bridgehead atoms. The van der Waals surface area contributed by atoms with E-state index < -0.39 is 0 Å². The number of likely N-dealkylation sites (N-methyl/N-ethyl adjacent to an activating group) is 1. The van der Waals surface area contributed by atoms with Gasteiger partial charge in [0.2, 0.25) is 0 Å². The third-order valence-electron chi connectivity index (χ3n) is 4.92. The van der Waals surface area contributed by atoms with E-state index in [0.29, 0.717) is 54.2 Å². The monoisotopic (exact) mass is 421 g/mol. The van der Waals surface area contributed by atoms with Gasteiger partial charge in [0.15, 0.2) is 5.17 Å². The fraction of sp³-hybridized carbons (Fsp3) is 0.261. The van der Waals surface area contributed by atoms with Crippen molar-refractivity contribution in [2.24, 2.45) is 4.99 Å². The summed E-state index contributed by atoms with van der Waals surface area (Å²) in [5, 5.41) is 0.626. The molecule has 0 spiro atoms. The lowest BCUT2D eigenvalue weighted by Gasteiger charge is -2.26. The quantitative estimate of drug-likeness (QED) is 0.705. The van der Waals surface area contributed by atoms with Gasteiger partial charge in [-0.05, 0) is 48.5 Å². The van der Waals surface area contributed by atoms with Gasteiger partial charge in [0, 0.05) is 25.2 Å². The molecule has 0 atom stereocenters. The normalized spacial score (nSPS) is 19.7. The van der Waals surface area contributed by atoms with E-state index in [0.717, 1.165) is 5.56 Å². The number of carbonyl (C=O) groups excluding carboxylic acids is 2. The average Bonchev–Trinajstić information content (AvgIpc) is 3.08. The van der Waals surface area contributed by atoms with E-state index in [4.69, 9.17) is 4.74 Å². The summed E-state index contributed by atoms with van der Waals surface area (Å²) < 4.78 is 5.32. The number of nitrogens with zero attached hydrogens (tertiary/aromatic N) is 3. The number of rotatable bonds is 4. The van der Waals surface area contributed by atoms with Crippen molar-refractivity contribution in [1.82, 2.24) is 9.80 Å². The van der Waals surface area contributed by atoms with Crippen LogP contribution in [0.3, 0.4) is 0 Å². The number of amides is 2. The summed E-state index contributed by atoms with van der Waals surface area (Å²) in [6, 6.07) is 17.0. The van der Waals surface area contributed by atoms with Gasteiger partial charge in [-0.15, -0.1) is 0 Å². The van der Waals surface area contributed by atoms with Gasteiger partial charge < -0.3 is 9.64 Å². The van der Waals surface area contributed by atoms with Crippen molar-refractivity contribution in [3.05, 3.63) is 70.6 Å². The zero-order valence-electron chi connectivity index (χ0n) is 16.8. The summed E-state index contributed by atoms with van der Waals surface area (Å²) in [6.07, 6.45) is 1.89. The lowest BCUT2D eigenvalue weighted by atomic mass is 10.1. The molecular weight excluding hydrogens is 398 g/mol. The molecule has 0 aliphatic carbocycles. The van der Waals surface area contributed by atoms with Gasteiger partial charge in [-0.1, -0.05) is 36.4 Å². The van der Waals surface area contributed by atoms with Gasteiger partial charge in [0.1, 0.15) is 0 Å². The Labute approximate surface area is 180 Å². The average molecular weight is 422 g/mol. The van der Waals surface area contributed by atoms with Crippen LogP contribution in [-0.4, -0.2) is 59.6 Å². The van der Waals surface area contributed by atoms with Crippen LogP contribution in [0.25, 0.3) is 6.08 Å². The SMILES string of the molecule is CCN1C(=O)/C(=C\c2ccccc2)SC1=Nc1cccc(C(=O)N2CCOCC2)c1. The lowest BCUT2D eigenvalue weighted by molar-refractivity contribution is -0.122. The highest BCUT2D eigenvalue weighted by Crippen LogP contribution is 2.34. The minimum Gasteiger partial charge on any atom is -0.378 e. The highest BCUT2D eigenvalue weighted by Gasteiger charge is 2.32. The largest absolute Gasteiger partial charge is 0.378 e. The molecule has 4 rings (SSSR count). The standard InChI is InChI=1S/C23H23N3O3S/c1-2-26-22(28)20(15-17-7-4-3-5-8-17)30-23(26)24-19-10-6-9-18(16-19)21(27)25-11-13-29-14-12-25/h3-10,15-16H,2,11-14H2,1H3/b20-15+,24-23?. The third-order valence-corrected chi connectivity index (χ3v) is 5.92. The second-order valence-electron chi connectivity index (χ2n) is 6.92. The van der Waals surface area contributed by atoms with Gasteiger partial charge in [-0.2, -0.15) is 0 Å². The Morgan fingerprint density at radius 2 is 1.90 bits per heavy atom. The van der Waals surface area contributed by atoms with Gasteiger partial charge in [0.05, 0.1) is 23.8 Å². The summed E-state index contributed by atoms with van der Waals surface area (Å²) in [5.74, 6) is -0.0711. The minimum absolute atomic E-state index is 0.0208. The maximum atomic E-state index is 12.8. The summed E-state index contributed by atoms with van der Waals surface area (Å²) in [7, 11) is 0. The first kappa shape index (κ1) is 20.4. The molecule has 2 aliphatic rings. The molecule has 2 saturated heterocycles. The zero-order chi connectivity index (χ0) is 20.9. The second-order valence-corrected chi connectivity index (χ2v) is 7.93. The molecular formula is C23H23N3O3S. The Balaban J connectivity index is 1.58. The van der Waals surface area contributed by atoms with E-state index in [1.165, 1.54) is 11.8 Å². The smallest absolute Gasteiger partial charge is 0.266 e. The summed E-state index contributed by atoms with van der Waals surface area (Å²) >= 11 is 1.36. The summed E-state index contributed by atoms with van der Waals surface area (Å²) in [4.78, 5) is 34.4. The number of amidine groups is 1. The molecule has 2 aromatic rings. The summed E-state index contributed by atoms with van der Waals surface area (Å²) in [6.45, 7) is 4.78. The maximum Gasteiger partial charge on any atom is 0.266 e. The van der Waals surface area contributed by atoms with E-state index >= 15 is 0 Å². The van der Waals surface area contributed by atoms with Crippen molar-refractivity contribution in [3.8, 4) is 0 Å². The molecule has 0 radical (unpaired) electrons. The molecule has 0 aromatic heterocycles. The number of benzene rings is 2. The molecule has 0 unspecified atom stereocenters. The Morgan fingerprint density at radius 1 is 1.13 bits per heavy atom. The third kappa shape index (κ3) is 4.47. The Kier molecular flexibility index (Phi) is 6.30. The van der Waals surface area contributed by atoms with Crippen LogP contribution in [0, 0.1) is 0 Å². The molecule has 6 nitrogen and oxygen atoms in total. The van der Waals surface area contributed by atoms with E-state index in [9.17, 15) is 9.59 Å². The van der Waals surface area contributed by atoms with Crippen LogP contribution in [0.15, 0.2) is 64.5 Å². The lowest BCUT2D eigenvalue weighted by Crippen LogP contribution is -2.40. The molecule has 30 heavy (non-hydrogen) atoms. The van der Waals surface area contributed by atoms with E-state index in [1.54, 1.807) is 21.9 Å². The molecule has 154 valence electrons. The molecule has 2 amide bonds. The second kappa shape index (κ2) is 9.28. The molecule has 2 heterocycles. The van der Waals surface area contributed by atoms with Crippen LogP contribution in [0.5, 0.6) is 0 Å². The Bertz CT molecular complexity index is 998. The van der Waals surface area contributed by atoms with Crippen molar-refractivity contribution in [2.45, 2.75) is 6.92 Å². The Hall–Kier alpha value is -2.90. The molecule has 2 aliphatic heterocycles. The van der Waals surface area contributed by atoms with Crippen LogP contribution in [0.1, 0.15) is 22.8 Å². The summed E-state index contributed by atoms with van der Waals surface area (Å²) in [5.41, 5.74) is 2.23. The number of thioether (sulfide) groups is 1. The van der Waals surface area contributed by atoms with E-state index in [1.807, 2.05) is 55.5 Å². The number of aliphatic imine (C=N–C) groups is 1. The highest BCUT2D eigenvalue weighted by atomic mass is 32.2. The van der Waals surface area contributed by atoms with Gasteiger partial charge in [-0.25, -0.2) is 4.99 Å². The van der Waals surface area contributed by atoms with Crippen molar-refractivity contribution < 1.29 is 14.3 Å². The fourth-order valence-corrected chi connectivity index (χ4v) is 4.40. The van der Waals surface area contributed by atoms with Crippen LogP contribution in [0.2, 0.25) is 0 Å². The van der Waals surface area contributed by atoms with Crippen LogP contribution in [0.4, 0.5) is 5.69 Å². The molecule has 2 aromatic carbocycles. The van der Waals surface area contributed by atoms with Gasteiger partial charge in [-0.3, -0.25) is 14.5 Å². The molecule has 2 fully saturated rings. The van der Waals surface area contributed by atoms with Crippen molar-refractivity contribution in [1.29, 1.82) is 0 Å². The first-order valence-corrected chi connectivity index (χ1v) is 10.8. The predicted molar refractivity (Wildman–Crippen MR) is 120 cm³/mol. The van der Waals surface area contributed by atoms with Crippen molar-refractivity contribution >= 4 is 40.5 Å². The van der Waals surface area contributed by atoms with Crippen molar-refractivity contribution in [2.75, 3.05) is 32.8 Å². The molecule has 0 saturated carbocycles. The number of hydrogen-bond donors (Lipinski definition) is 0. The first-order chi connectivity index (χ1) is 14.7.